The van der Waals surface area contributed by atoms with E-state index >= 15 is 0 Å². The van der Waals surface area contributed by atoms with Crippen molar-refractivity contribution < 1.29 is 14.0 Å². The zero-order chi connectivity index (χ0) is 15.8. The van der Waals surface area contributed by atoms with E-state index in [1.807, 2.05) is 6.92 Å². The molecule has 0 bridgehead atoms. The Kier molecular flexibility index (Phi) is 6.61. The monoisotopic (exact) mass is 296 g/mol. The minimum atomic E-state index is -0.590. The van der Waals surface area contributed by atoms with Gasteiger partial charge in [0.05, 0.1) is 13.1 Å². The van der Waals surface area contributed by atoms with Crippen LogP contribution in [0.15, 0.2) is 18.2 Å². The number of hydrogen-bond acceptors (Lipinski definition) is 4. The third-order valence-corrected chi connectivity index (χ3v) is 2.82. The highest BCUT2D eigenvalue weighted by Crippen LogP contribution is 2.21. The Morgan fingerprint density at radius 3 is 2.38 bits per heavy atom. The molecule has 0 saturated heterocycles. The molecule has 1 aromatic rings. The molecule has 21 heavy (non-hydrogen) atoms. The van der Waals surface area contributed by atoms with Crippen LogP contribution >= 0.6 is 0 Å². The minimum Gasteiger partial charge on any atom is -0.368 e. The number of hydrogen-bond donors (Lipinski definition) is 3. The zero-order valence-corrected chi connectivity index (χ0v) is 12.1. The van der Waals surface area contributed by atoms with Crippen LogP contribution in [0, 0.1) is 5.82 Å². The summed E-state index contributed by atoms with van der Waals surface area (Å²) in [5.74, 6) is -1.56. The Morgan fingerprint density at radius 1 is 1.24 bits per heavy atom. The van der Waals surface area contributed by atoms with Gasteiger partial charge in [0, 0.05) is 12.2 Å². The van der Waals surface area contributed by atoms with Crippen LogP contribution in [0.1, 0.15) is 18.9 Å². The minimum absolute atomic E-state index is 0.157. The van der Waals surface area contributed by atoms with Gasteiger partial charge < -0.3 is 21.7 Å². The van der Waals surface area contributed by atoms with Crippen molar-refractivity contribution in [2.75, 3.05) is 24.5 Å². The first-order valence-corrected chi connectivity index (χ1v) is 6.74. The van der Waals surface area contributed by atoms with E-state index < -0.39 is 11.8 Å². The molecule has 0 aromatic heterocycles. The standard InChI is InChI=1S/C14H21FN4O2/c1-2-5-18-7-10-6-11(15)3-4-12(10)19(8-13(16)20)9-14(17)21/h3-4,6,18H,2,5,7-9H2,1H3,(H2,16,20)(H2,17,21). The van der Waals surface area contributed by atoms with Gasteiger partial charge in [-0.25, -0.2) is 4.39 Å². The number of halogens is 1. The number of primary amides is 2. The number of anilines is 1. The van der Waals surface area contributed by atoms with Crippen molar-refractivity contribution in [3.63, 3.8) is 0 Å². The highest BCUT2D eigenvalue weighted by atomic mass is 19.1. The highest BCUT2D eigenvalue weighted by molar-refractivity contribution is 5.85. The van der Waals surface area contributed by atoms with E-state index in [0.717, 1.165) is 13.0 Å². The molecule has 116 valence electrons. The summed E-state index contributed by atoms with van der Waals surface area (Å²) < 4.78 is 13.4. The van der Waals surface area contributed by atoms with Gasteiger partial charge in [-0.1, -0.05) is 6.92 Å². The Hall–Kier alpha value is -2.15. The van der Waals surface area contributed by atoms with E-state index in [4.69, 9.17) is 11.5 Å². The summed E-state index contributed by atoms with van der Waals surface area (Å²) in [6, 6.07) is 4.16. The van der Waals surface area contributed by atoms with Crippen LogP contribution in [0.3, 0.4) is 0 Å². The van der Waals surface area contributed by atoms with Crippen molar-refractivity contribution in [2.45, 2.75) is 19.9 Å². The quantitative estimate of drug-likeness (QED) is 0.563. The normalized spacial score (nSPS) is 10.4. The van der Waals surface area contributed by atoms with Crippen LogP contribution in [0.5, 0.6) is 0 Å². The van der Waals surface area contributed by atoms with Gasteiger partial charge in [-0.3, -0.25) is 9.59 Å². The third kappa shape index (κ3) is 5.78. The second-order valence-corrected chi connectivity index (χ2v) is 4.74. The van der Waals surface area contributed by atoms with Gasteiger partial charge in [-0.05, 0) is 36.7 Å². The zero-order valence-electron chi connectivity index (χ0n) is 12.1. The maximum absolute atomic E-state index is 13.4. The lowest BCUT2D eigenvalue weighted by Gasteiger charge is -2.24. The first-order chi connectivity index (χ1) is 9.93. The molecule has 7 heteroatoms. The topological polar surface area (TPSA) is 101 Å². The number of rotatable bonds is 9. The molecule has 0 saturated carbocycles. The van der Waals surface area contributed by atoms with Crippen LogP contribution in [-0.2, 0) is 16.1 Å². The Bertz CT molecular complexity index is 492. The van der Waals surface area contributed by atoms with E-state index in [9.17, 15) is 14.0 Å². The summed E-state index contributed by atoms with van der Waals surface area (Å²) in [6.45, 7) is 2.91. The van der Waals surface area contributed by atoms with Gasteiger partial charge in [-0.15, -0.1) is 0 Å². The molecule has 0 fully saturated rings. The molecule has 0 spiro atoms. The molecular weight excluding hydrogens is 275 g/mol. The molecule has 0 unspecified atom stereocenters. The number of nitrogens with zero attached hydrogens (tertiary/aromatic N) is 1. The van der Waals surface area contributed by atoms with E-state index in [2.05, 4.69) is 5.32 Å². The summed E-state index contributed by atoms with van der Waals surface area (Å²) in [4.78, 5) is 23.7. The summed E-state index contributed by atoms with van der Waals surface area (Å²) in [5.41, 5.74) is 11.6. The van der Waals surface area contributed by atoms with Gasteiger partial charge in [0.2, 0.25) is 11.8 Å². The predicted octanol–water partition coefficient (Wildman–Crippen LogP) is 0.102. The molecule has 0 aliphatic rings. The van der Waals surface area contributed by atoms with E-state index in [1.54, 1.807) is 0 Å². The summed E-state index contributed by atoms with van der Waals surface area (Å²) in [5, 5.41) is 3.15. The highest BCUT2D eigenvalue weighted by Gasteiger charge is 2.16. The maximum Gasteiger partial charge on any atom is 0.236 e. The molecule has 0 heterocycles. The summed E-state index contributed by atoms with van der Waals surface area (Å²) in [7, 11) is 0. The fraction of sp³-hybridized carbons (Fsp3) is 0.429. The van der Waals surface area contributed by atoms with Crippen LogP contribution < -0.4 is 21.7 Å². The molecule has 0 aliphatic carbocycles. The lowest BCUT2D eigenvalue weighted by molar-refractivity contribution is -0.117. The summed E-state index contributed by atoms with van der Waals surface area (Å²) >= 11 is 0. The van der Waals surface area contributed by atoms with Crippen LogP contribution in [0.4, 0.5) is 10.1 Å². The molecule has 1 aromatic carbocycles. The SMILES string of the molecule is CCCNCc1cc(F)ccc1N(CC(N)=O)CC(N)=O. The van der Waals surface area contributed by atoms with Crippen molar-refractivity contribution in [3.8, 4) is 0 Å². The molecule has 6 nitrogen and oxygen atoms in total. The van der Waals surface area contributed by atoms with E-state index in [1.165, 1.54) is 23.1 Å². The van der Waals surface area contributed by atoms with Crippen molar-refractivity contribution >= 4 is 17.5 Å². The van der Waals surface area contributed by atoms with Gasteiger partial charge in [0.15, 0.2) is 0 Å². The fourth-order valence-corrected chi connectivity index (χ4v) is 2.01. The molecule has 1 rings (SSSR count). The second-order valence-electron chi connectivity index (χ2n) is 4.74. The van der Waals surface area contributed by atoms with Crippen LogP contribution in [0.25, 0.3) is 0 Å². The smallest absolute Gasteiger partial charge is 0.236 e. The Morgan fingerprint density at radius 2 is 1.86 bits per heavy atom. The van der Waals surface area contributed by atoms with Crippen LogP contribution in [0.2, 0.25) is 0 Å². The maximum atomic E-state index is 13.4. The number of nitrogens with two attached hydrogens (primary N) is 2. The Balaban J connectivity index is 3.03. The number of carbonyl (C=O) groups is 2. The lowest BCUT2D eigenvalue weighted by Crippen LogP contribution is -2.40. The van der Waals surface area contributed by atoms with Crippen LogP contribution in [-0.4, -0.2) is 31.4 Å². The Labute approximate surface area is 123 Å². The van der Waals surface area contributed by atoms with Crippen molar-refractivity contribution in [1.82, 2.24) is 5.32 Å². The number of benzene rings is 1. The van der Waals surface area contributed by atoms with Crippen molar-refractivity contribution in [1.29, 1.82) is 0 Å². The molecule has 5 N–H and O–H groups in total. The lowest BCUT2D eigenvalue weighted by atomic mass is 10.1. The largest absolute Gasteiger partial charge is 0.368 e. The van der Waals surface area contributed by atoms with Crippen molar-refractivity contribution in [3.05, 3.63) is 29.6 Å². The first kappa shape index (κ1) is 16.9. The molecule has 0 radical (unpaired) electrons. The van der Waals surface area contributed by atoms with Gasteiger partial charge in [-0.2, -0.15) is 0 Å². The fourth-order valence-electron chi connectivity index (χ4n) is 2.01. The average molecular weight is 296 g/mol. The van der Waals surface area contributed by atoms with Gasteiger partial charge in [0.25, 0.3) is 0 Å². The van der Waals surface area contributed by atoms with Crippen molar-refractivity contribution in [2.24, 2.45) is 11.5 Å². The third-order valence-electron chi connectivity index (χ3n) is 2.82. The van der Waals surface area contributed by atoms with E-state index in [-0.39, 0.29) is 18.9 Å². The van der Waals surface area contributed by atoms with Gasteiger partial charge in [0.1, 0.15) is 5.82 Å². The molecular formula is C14H21FN4O2. The van der Waals surface area contributed by atoms with Gasteiger partial charge >= 0.3 is 0 Å². The number of nitrogens with one attached hydrogen (secondary N) is 1. The summed E-state index contributed by atoms with van der Waals surface area (Å²) in [6.07, 6.45) is 0.941. The number of amides is 2. The second kappa shape index (κ2) is 8.21. The predicted molar refractivity (Wildman–Crippen MR) is 79.0 cm³/mol. The molecule has 2 amide bonds. The molecule has 0 atom stereocenters. The molecule has 0 aliphatic heterocycles. The first-order valence-electron chi connectivity index (χ1n) is 6.74. The van der Waals surface area contributed by atoms with E-state index in [0.29, 0.717) is 17.8 Å². The number of carbonyl (C=O) groups excluding carboxylic acids is 2. The average Bonchev–Trinajstić information content (AvgIpc) is 2.37.